The van der Waals surface area contributed by atoms with Crippen LogP contribution in [0.5, 0.6) is 0 Å². The fourth-order valence-electron chi connectivity index (χ4n) is 3.11. The van der Waals surface area contributed by atoms with Gasteiger partial charge < -0.3 is 30.3 Å². The highest BCUT2D eigenvalue weighted by atomic mass is 16.8. The van der Waals surface area contributed by atoms with Crippen LogP contribution in [-0.2, 0) is 9.47 Å². The van der Waals surface area contributed by atoms with Crippen LogP contribution in [0.4, 0.5) is 11.4 Å². The number of benzene rings is 3. The predicted molar refractivity (Wildman–Crippen MR) is 122 cm³/mol. The van der Waals surface area contributed by atoms with E-state index >= 15 is 0 Å². The minimum Gasteiger partial charge on any atom is -0.733 e. The summed E-state index contributed by atoms with van der Waals surface area (Å²) in [7, 11) is 0. The van der Waals surface area contributed by atoms with Gasteiger partial charge in [0.1, 0.15) is 12.2 Å². The van der Waals surface area contributed by atoms with E-state index in [0.29, 0.717) is 11.1 Å². The van der Waals surface area contributed by atoms with Gasteiger partial charge in [-0.1, -0.05) is 18.2 Å². The lowest BCUT2D eigenvalue weighted by atomic mass is 10.0. The normalized spacial score (nSPS) is 12.4. The molecule has 0 aliphatic rings. The van der Waals surface area contributed by atoms with E-state index in [1.165, 1.54) is 48.5 Å². The van der Waals surface area contributed by atoms with Crippen molar-refractivity contribution in [1.29, 1.82) is 0 Å². The molecule has 0 heterocycles. The molecule has 0 unspecified atom stereocenters. The summed E-state index contributed by atoms with van der Waals surface area (Å²) in [6.45, 7) is 3.38. The molecule has 0 aliphatic heterocycles. The van der Waals surface area contributed by atoms with Crippen molar-refractivity contribution in [3.05, 3.63) is 105 Å². The van der Waals surface area contributed by atoms with Gasteiger partial charge in [-0.3, -0.25) is 10.4 Å². The van der Waals surface area contributed by atoms with Gasteiger partial charge in [-0.15, -0.1) is 0 Å². The second-order valence-corrected chi connectivity index (χ2v) is 7.40. The van der Waals surface area contributed by atoms with Crippen molar-refractivity contribution in [1.82, 2.24) is 0 Å². The first-order chi connectivity index (χ1) is 16.2. The van der Waals surface area contributed by atoms with Crippen LogP contribution in [0.25, 0.3) is 0 Å². The lowest BCUT2D eigenvalue weighted by Crippen LogP contribution is -2.12. The van der Waals surface area contributed by atoms with Gasteiger partial charge >= 0.3 is 11.9 Å². The Morgan fingerprint density at radius 3 is 1.38 bits per heavy atom. The predicted octanol–water partition coefficient (Wildman–Crippen LogP) is 4.91. The third-order valence-electron chi connectivity index (χ3n) is 5.06. The Hall–Kier alpha value is -3.96. The van der Waals surface area contributed by atoms with Gasteiger partial charge in [-0.2, -0.15) is 0 Å². The van der Waals surface area contributed by atoms with Crippen molar-refractivity contribution >= 4 is 23.3 Å². The molecule has 0 fully saturated rings. The minimum atomic E-state index is -0.620. The monoisotopic (exact) mass is 466 g/mol. The third kappa shape index (κ3) is 6.09. The summed E-state index contributed by atoms with van der Waals surface area (Å²) in [5.41, 5.74) is 1.74. The van der Waals surface area contributed by atoms with Crippen LogP contribution in [0.15, 0.2) is 72.8 Å². The molecule has 3 rings (SSSR count). The van der Waals surface area contributed by atoms with E-state index in [4.69, 9.17) is 19.9 Å². The van der Waals surface area contributed by atoms with E-state index in [0.717, 1.165) is 0 Å². The number of rotatable bonds is 8. The maximum atomic E-state index is 12.4. The van der Waals surface area contributed by atoms with Gasteiger partial charge in [0.05, 0.1) is 22.5 Å². The van der Waals surface area contributed by atoms with Crippen molar-refractivity contribution in [2.45, 2.75) is 26.1 Å². The number of nitrogens with zero attached hydrogens (tertiary/aromatic N) is 2. The van der Waals surface area contributed by atoms with Gasteiger partial charge in [0.2, 0.25) is 0 Å². The van der Waals surface area contributed by atoms with Crippen LogP contribution in [0, 0.1) is 10.4 Å². The highest BCUT2D eigenvalue weighted by Crippen LogP contribution is 2.25. The number of anilines is 2. The Labute approximate surface area is 195 Å². The topological polar surface area (TPSA) is 146 Å². The quantitative estimate of drug-likeness (QED) is 0.347. The molecule has 10 heteroatoms. The Kier molecular flexibility index (Phi) is 7.82. The number of esters is 2. The Balaban J connectivity index is 1.64. The first-order valence-corrected chi connectivity index (χ1v) is 10.2. The van der Waals surface area contributed by atoms with Gasteiger partial charge in [-0.05, 0) is 79.6 Å². The summed E-state index contributed by atoms with van der Waals surface area (Å²) in [5.74, 6) is -1.22. The molecular formula is C24H22N2O8-2. The van der Waals surface area contributed by atoms with Crippen LogP contribution in [-0.4, -0.2) is 22.4 Å². The van der Waals surface area contributed by atoms with Crippen molar-refractivity contribution in [2.24, 2.45) is 0 Å². The molecule has 0 spiro atoms. The smallest absolute Gasteiger partial charge is 0.338 e. The fraction of sp³-hybridized carbons (Fsp3) is 0.167. The number of carbonyl (C=O) groups excluding carboxylic acids is 2. The zero-order valence-corrected chi connectivity index (χ0v) is 18.3. The molecular weight excluding hydrogens is 444 g/mol. The summed E-state index contributed by atoms with van der Waals surface area (Å²) < 4.78 is 11.0. The number of carbonyl (C=O) groups is 2. The highest BCUT2D eigenvalue weighted by molar-refractivity contribution is 5.90. The van der Waals surface area contributed by atoms with E-state index in [2.05, 4.69) is 0 Å². The van der Waals surface area contributed by atoms with E-state index < -0.39 is 24.1 Å². The first-order valence-electron chi connectivity index (χ1n) is 10.2. The second-order valence-electron chi connectivity index (χ2n) is 7.40. The lowest BCUT2D eigenvalue weighted by Gasteiger charge is -2.21. The zero-order chi connectivity index (χ0) is 24.8. The molecule has 0 amide bonds. The van der Waals surface area contributed by atoms with E-state index in [9.17, 15) is 20.0 Å². The third-order valence-corrected chi connectivity index (χ3v) is 5.06. The van der Waals surface area contributed by atoms with Gasteiger partial charge in [-0.25, -0.2) is 9.59 Å². The Morgan fingerprint density at radius 1 is 0.706 bits per heavy atom. The maximum absolute atomic E-state index is 12.4. The van der Waals surface area contributed by atoms with Crippen LogP contribution < -0.4 is 10.5 Å². The summed E-state index contributed by atoms with van der Waals surface area (Å²) >= 11 is 0. The number of hydrogen-bond acceptors (Lipinski definition) is 10. The molecule has 0 bridgehead atoms. The average molecular weight is 466 g/mol. The van der Waals surface area contributed by atoms with Crippen LogP contribution in [0.3, 0.4) is 0 Å². The molecule has 3 aromatic carbocycles. The van der Waals surface area contributed by atoms with Gasteiger partial charge in [0.15, 0.2) is 0 Å². The maximum Gasteiger partial charge on any atom is 0.338 e. The number of ether oxygens (including phenoxy) is 2. The molecule has 0 aliphatic carbocycles. The molecule has 34 heavy (non-hydrogen) atoms. The standard InChI is InChI=1S/C24H22N2O8/c1-15(33-23(27)17-6-10-21(11-7-17)25(29)30)19-4-3-5-20(14-19)16(2)34-24(28)18-8-12-22(13-9-18)26(31)32/h3-16,29,31H,1-2H3/q-2/t15-,16-/m1/s1. The van der Waals surface area contributed by atoms with E-state index in [-0.39, 0.29) is 33.0 Å². The summed E-state index contributed by atoms with van der Waals surface area (Å²) in [4.78, 5) is 24.8. The van der Waals surface area contributed by atoms with Gasteiger partial charge in [0, 0.05) is 0 Å². The van der Waals surface area contributed by atoms with Crippen LogP contribution in [0.2, 0.25) is 0 Å². The van der Waals surface area contributed by atoms with E-state index in [1.807, 2.05) is 0 Å². The summed E-state index contributed by atoms with van der Waals surface area (Å²) in [6, 6.07) is 17.7. The summed E-state index contributed by atoms with van der Waals surface area (Å²) in [6.07, 6.45) is -1.24. The molecule has 0 saturated carbocycles. The second kappa shape index (κ2) is 10.8. The Bertz CT molecular complexity index is 1040. The lowest BCUT2D eigenvalue weighted by molar-refractivity contribution is 0.0334. The van der Waals surface area contributed by atoms with Crippen molar-refractivity contribution in [2.75, 3.05) is 10.5 Å². The molecule has 0 saturated heterocycles. The molecule has 2 N–H and O–H groups in total. The molecule has 2 atom stereocenters. The van der Waals surface area contributed by atoms with Crippen molar-refractivity contribution in [3.63, 3.8) is 0 Å². The van der Waals surface area contributed by atoms with Gasteiger partial charge in [0.25, 0.3) is 0 Å². The van der Waals surface area contributed by atoms with Crippen molar-refractivity contribution < 1.29 is 29.5 Å². The first kappa shape index (κ1) is 24.7. The fourth-order valence-corrected chi connectivity index (χ4v) is 3.11. The SMILES string of the molecule is C[C@@H](OC(=O)c1ccc(N([O-])O)cc1)c1cccc([C@@H](C)OC(=O)c2ccc(N([O-])O)cc2)c1. The van der Waals surface area contributed by atoms with E-state index in [1.54, 1.807) is 38.1 Å². The summed E-state index contributed by atoms with van der Waals surface area (Å²) in [5, 5.41) is 38.9. The van der Waals surface area contributed by atoms with Crippen LogP contribution in [0.1, 0.15) is 57.9 Å². The Morgan fingerprint density at radius 2 is 1.06 bits per heavy atom. The zero-order valence-electron chi connectivity index (χ0n) is 18.3. The van der Waals surface area contributed by atoms with Crippen LogP contribution >= 0.6 is 0 Å². The van der Waals surface area contributed by atoms with Crippen molar-refractivity contribution in [3.8, 4) is 0 Å². The largest absolute Gasteiger partial charge is 0.733 e. The molecule has 0 radical (unpaired) electrons. The average Bonchev–Trinajstić information content (AvgIpc) is 2.84. The molecule has 10 nitrogen and oxygen atoms in total. The minimum absolute atomic E-state index is 0.0162. The molecule has 3 aromatic rings. The highest BCUT2D eigenvalue weighted by Gasteiger charge is 2.18. The molecule has 0 aromatic heterocycles. The molecule has 178 valence electrons. The number of hydrogen-bond donors (Lipinski definition) is 2.